The quantitative estimate of drug-likeness (QED) is 0.623. The standard InChI is InChI=1S/C16H12ClN/c17-13-8-6-11-7-9-15(18)16(14(11)10-13)12-4-2-1-3-5-12/h1-10H,18H2. The summed E-state index contributed by atoms with van der Waals surface area (Å²) in [5.41, 5.74) is 9.06. The van der Waals surface area contributed by atoms with Gasteiger partial charge in [-0.3, -0.25) is 0 Å². The van der Waals surface area contributed by atoms with Crippen molar-refractivity contribution in [2.24, 2.45) is 0 Å². The predicted octanol–water partition coefficient (Wildman–Crippen LogP) is 4.74. The van der Waals surface area contributed by atoms with Crippen molar-refractivity contribution >= 4 is 28.1 Å². The fourth-order valence-electron chi connectivity index (χ4n) is 2.24. The number of halogens is 1. The van der Waals surface area contributed by atoms with Gasteiger partial charge in [-0.15, -0.1) is 0 Å². The van der Waals surface area contributed by atoms with E-state index in [-0.39, 0.29) is 0 Å². The summed E-state index contributed by atoms with van der Waals surface area (Å²) >= 11 is 6.09. The number of fused-ring (bicyclic) bond motifs is 1. The predicted molar refractivity (Wildman–Crippen MR) is 78.8 cm³/mol. The van der Waals surface area contributed by atoms with Crippen molar-refractivity contribution in [2.75, 3.05) is 5.73 Å². The maximum atomic E-state index is 6.13. The molecule has 0 aliphatic heterocycles. The highest BCUT2D eigenvalue weighted by atomic mass is 35.5. The van der Waals surface area contributed by atoms with Crippen LogP contribution in [-0.2, 0) is 0 Å². The number of anilines is 1. The molecule has 3 aromatic rings. The lowest BCUT2D eigenvalue weighted by molar-refractivity contribution is 1.64. The van der Waals surface area contributed by atoms with Gasteiger partial charge in [0.15, 0.2) is 0 Å². The number of nitrogens with two attached hydrogens (primary N) is 1. The van der Waals surface area contributed by atoms with Crippen LogP contribution < -0.4 is 5.73 Å². The molecule has 0 amide bonds. The molecule has 0 saturated carbocycles. The summed E-state index contributed by atoms with van der Waals surface area (Å²) in [6.07, 6.45) is 0. The van der Waals surface area contributed by atoms with Crippen molar-refractivity contribution in [1.82, 2.24) is 0 Å². The molecule has 0 aliphatic carbocycles. The summed E-state index contributed by atoms with van der Waals surface area (Å²) < 4.78 is 0. The average molecular weight is 254 g/mol. The summed E-state index contributed by atoms with van der Waals surface area (Å²) in [7, 11) is 0. The summed E-state index contributed by atoms with van der Waals surface area (Å²) in [6.45, 7) is 0. The third kappa shape index (κ3) is 1.83. The SMILES string of the molecule is Nc1ccc2ccc(Cl)cc2c1-c1ccccc1. The minimum atomic E-state index is 0.727. The second-order valence-corrected chi connectivity index (χ2v) is 4.70. The van der Waals surface area contributed by atoms with Gasteiger partial charge in [0.2, 0.25) is 0 Å². The van der Waals surface area contributed by atoms with Gasteiger partial charge in [0.25, 0.3) is 0 Å². The van der Waals surface area contributed by atoms with E-state index in [4.69, 9.17) is 17.3 Å². The van der Waals surface area contributed by atoms with E-state index in [2.05, 4.69) is 12.1 Å². The molecular formula is C16H12ClN. The first-order valence-electron chi connectivity index (χ1n) is 5.79. The van der Waals surface area contributed by atoms with Gasteiger partial charge in [-0.05, 0) is 34.5 Å². The number of nitrogen functional groups attached to an aromatic ring is 1. The summed E-state index contributed by atoms with van der Waals surface area (Å²) in [5.74, 6) is 0. The Morgan fingerprint density at radius 3 is 2.33 bits per heavy atom. The van der Waals surface area contributed by atoms with Crippen LogP contribution in [0.5, 0.6) is 0 Å². The van der Waals surface area contributed by atoms with E-state index in [0.717, 1.165) is 32.6 Å². The smallest absolute Gasteiger partial charge is 0.0412 e. The Morgan fingerprint density at radius 1 is 0.833 bits per heavy atom. The number of hydrogen-bond acceptors (Lipinski definition) is 1. The molecule has 1 nitrogen and oxygen atoms in total. The van der Waals surface area contributed by atoms with E-state index < -0.39 is 0 Å². The molecule has 0 saturated heterocycles. The Labute approximate surface area is 111 Å². The summed E-state index contributed by atoms with van der Waals surface area (Å²) in [6, 6.07) is 20.0. The van der Waals surface area contributed by atoms with Crippen LogP contribution in [0.1, 0.15) is 0 Å². The van der Waals surface area contributed by atoms with Gasteiger partial charge in [-0.2, -0.15) is 0 Å². The van der Waals surface area contributed by atoms with Crippen LogP contribution in [0.2, 0.25) is 5.02 Å². The molecule has 0 fully saturated rings. The van der Waals surface area contributed by atoms with E-state index in [1.807, 2.05) is 48.5 Å². The van der Waals surface area contributed by atoms with Crippen molar-refractivity contribution in [1.29, 1.82) is 0 Å². The van der Waals surface area contributed by atoms with Crippen molar-refractivity contribution in [3.05, 3.63) is 65.7 Å². The van der Waals surface area contributed by atoms with Crippen LogP contribution in [0.4, 0.5) is 5.69 Å². The highest BCUT2D eigenvalue weighted by molar-refractivity contribution is 6.31. The molecule has 18 heavy (non-hydrogen) atoms. The zero-order chi connectivity index (χ0) is 12.5. The Morgan fingerprint density at radius 2 is 1.56 bits per heavy atom. The van der Waals surface area contributed by atoms with E-state index >= 15 is 0 Å². The molecule has 0 aliphatic rings. The lowest BCUT2D eigenvalue weighted by atomic mass is 9.96. The van der Waals surface area contributed by atoms with Crippen LogP contribution in [-0.4, -0.2) is 0 Å². The molecule has 0 unspecified atom stereocenters. The fourth-order valence-corrected chi connectivity index (χ4v) is 2.41. The van der Waals surface area contributed by atoms with Crippen LogP contribution in [0.25, 0.3) is 21.9 Å². The normalized spacial score (nSPS) is 10.7. The highest BCUT2D eigenvalue weighted by Gasteiger charge is 2.08. The highest BCUT2D eigenvalue weighted by Crippen LogP contribution is 2.35. The monoisotopic (exact) mass is 253 g/mol. The minimum Gasteiger partial charge on any atom is -0.398 e. The van der Waals surface area contributed by atoms with Crippen LogP contribution in [0, 0.1) is 0 Å². The van der Waals surface area contributed by atoms with E-state index in [1.54, 1.807) is 0 Å². The first-order chi connectivity index (χ1) is 8.75. The Balaban J connectivity index is 2.40. The molecule has 0 aromatic heterocycles. The molecule has 0 bridgehead atoms. The maximum absolute atomic E-state index is 6.13. The lowest BCUT2D eigenvalue weighted by Crippen LogP contribution is -1.91. The van der Waals surface area contributed by atoms with Gasteiger partial charge in [-0.25, -0.2) is 0 Å². The molecule has 0 radical (unpaired) electrons. The van der Waals surface area contributed by atoms with Crippen molar-refractivity contribution in [2.45, 2.75) is 0 Å². The zero-order valence-electron chi connectivity index (χ0n) is 9.73. The van der Waals surface area contributed by atoms with Gasteiger partial charge in [0.1, 0.15) is 0 Å². The topological polar surface area (TPSA) is 26.0 Å². The zero-order valence-corrected chi connectivity index (χ0v) is 10.5. The van der Waals surface area contributed by atoms with E-state index in [1.165, 1.54) is 0 Å². The Bertz CT molecular complexity index is 700. The first-order valence-corrected chi connectivity index (χ1v) is 6.17. The van der Waals surface area contributed by atoms with Gasteiger partial charge < -0.3 is 5.73 Å². The lowest BCUT2D eigenvalue weighted by Gasteiger charge is -2.10. The molecule has 2 heteroatoms. The molecule has 0 atom stereocenters. The molecule has 88 valence electrons. The number of rotatable bonds is 1. The average Bonchev–Trinajstić information content (AvgIpc) is 2.39. The second kappa shape index (κ2) is 4.35. The van der Waals surface area contributed by atoms with Crippen molar-refractivity contribution in [3.8, 4) is 11.1 Å². The third-order valence-corrected chi connectivity index (χ3v) is 3.31. The van der Waals surface area contributed by atoms with E-state index in [0.29, 0.717) is 0 Å². The molecule has 2 N–H and O–H groups in total. The van der Waals surface area contributed by atoms with Gasteiger partial charge >= 0.3 is 0 Å². The first kappa shape index (κ1) is 11.1. The Kier molecular flexibility index (Phi) is 2.69. The van der Waals surface area contributed by atoms with Crippen molar-refractivity contribution in [3.63, 3.8) is 0 Å². The van der Waals surface area contributed by atoms with Crippen LogP contribution >= 0.6 is 11.6 Å². The van der Waals surface area contributed by atoms with Crippen LogP contribution in [0.15, 0.2) is 60.7 Å². The van der Waals surface area contributed by atoms with Gasteiger partial charge in [-0.1, -0.05) is 54.1 Å². The van der Waals surface area contributed by atoms with E-state index in [9.17, 15) is 0 Å². The number of benzene rings is 3. The summed E-state index contributed by atoms with van der Waals surface area (Å²) in [5, 5.41) is 2.96. The summed E-state index contributed by atoms with van der Waals surface area (Å²) in [4.78, 5) is 0. The van der Waals surface area contributed by atoms with Crippen molar-refractivity contribution < 1.29 is 0 Å². The van der Waals surface area contributed by atoms with Gasteiger partial charge in [0, 0.05) is 16.3 Å². The second-order valence-electron chi connectivity index (χ2n) is 4.26. The molecule has 0 heterocycles. The third-order valence-electron chi connectivity index (χ3n) is 3.08. The van der Waals surface area contributed by atoms with Crippen LogP contribution in [0.3, 0.4) is 0 Å². The maximum Gasteiger partial charge on any atom is 0.0412 e. The molecular weight excluding hydrogens is 242 g/mol. The molecule has 3 rings (SSSR count). The fraction of sp³-hybridized carbons (Fsp3) is 0. The number of hydrogen-bond donors (Lipinski definition) is 1. The largest absolute Gasteiger partial charge is 0.398 e. The Hall–Kier alpha value is -1.99. The molecule has 3 aromatic carbocycles. The minimum absolute atomic E-state index is 0.727. The van der Waals surface area contributed by atoms with Gasteiger partial charge in [0.05, 0.1) is 0 Å². The molecule has 0 spiro atoms.